The fraction of sp³-hybridized carbons (Fsp3) is 0.300. The van der Waals surface area contributed by atoms with E-state index in [0.29, 0.717) is 0 Å². The van der Waals surface area contributed by atoms with Crippen molar-refractivity contribution in [3.05, 3.63) is 29.3 Å². The first-order valence-corrected chi connectivity index (χ1v) is 6.56. The van der Waals surface area contributed by atoms with Crippen LogP contribution in [0.3, 0.4) is 0 Å². The average Bonchev–Trinajstić information content (AvgIpc) is 2.07. The van der Waals surface area contributed by atoms with Crippen LogP contribution in [0.1, 0.15) is 6.92 Å². The van der Waals surface area contributed by atoms with Gasteiger partial charge in [-0.2, -0.15) is 0 Å². The van der Waals surface area contributed by atoms with Crippen molar-refractivity contribution in [1.29, 1.82) is 0 Å². The normalized spacial score (nSPS) is 11.9. The van der Waals surface area contributed by atoms with Gasteiger partial charge in [-0.3, -0.25) is 0 Å². The Kier molecular flexibility index (Phi) is 4.29. The molecule has 0 aliphatic rings. The van der Waals surface area contributed by atoms with Gasteiger partial charge in [-0.05, 0) is 43.7 Å². The van der Waals surface area contributed by atoms with E-state index in [1.807, 2.05) is 31.2 Å². The summed E-state index contributed by atoms with van der Waals surface area (Å²) in [5.41, 5.74) is 0.890. The van der Waals surface area contributed by atoms with Crippen molar-refractivity contribution < 1.29 is 0 Å². The van der Waals surface area contributed by atoms with Crippen LogP contribution >= 0.6 is 11.6 Å². The van der Waals surface area contributed by atoms with Crippen LogP contribution in [-0.4, -0.2) is 18.3 Å². The van der Waals surface area contributed by atoms with Crippen molar-refractivity contribution in [2.75, 3.05) is 12.5 Å². The van der Waals surface area contributed by atoms with Crippen molar-refractivity contribution in [3.63, 3.8) is 0 Å². The maximum atomic E-state index is 5.76. The maximum absolute atomic E-state index is 5.76. The number of nitrogens with zero attached hydrogens (tertiary/aromatic N) is 2. The van der Waals surface area contributed by atoms with E-state index in [1.54, 1.807) is 0 Å². The second-order valence-electron chi connectivity index (χ2n) is 3.00. The number of hydrogen-bond acceptors (Lipinski definition) is 1. The van der Waals surface area contributed by atoms with Gasteiger partial charge in [0, 0.05) is 5.02 Å². The van der Waals surface area contributed by atoms with Gasteiger partial charge in [0.25, 0.3) is 0 Å². The number of amidine groups is 1. The molecule has 4 heteroatoms. The molecule has 0 aliphatic carbocycles. The predicted molar refractivity (Wildman–Crippen MR) is 65.9 cm³/mol. The van der Waals surface area contributed by atoms with Gasteiger partial charge in [0.2, 0.25) is 0 Å². The van der Waals surface area contributed by atoms with E-state index in [1.165, 1.54) is 0 Å². The highest BCUT2D eigenvalue weighted by atomic mass is 35.5. The van der Waals surface area contributed by atoms with Crippen LogP contribution in [0.5, 0.6) is 0 Å². The van der Waals surface area contributed by atoms with Crippen LogP contribution < -0.4 is 0 Å². The summed E-state index contributed by atoms with van der Waals surface area (Å²) in [6.07, 6.45) is 4.11. The number of rotatable bonds is 1. The Bertz CT molecular complexity index is 364. The van der Waals surface area contributed by atoms with Crippen LogP contribution in [0.25, 0.3) is 0 Å². The molecule has 2 nitrogen and oxygen atoms in total. The molecule has 1 aromatic rings. The van der Waals surface area contributed by atoms with Gasteiger partial charge in [-0.1, -0.05) is 22.3 Å². The average molecular weight is 229 g/mol. The Morgan fingerprint density at radius 3 is 2.29 bits per heavy atom. The standard InChI is InChI=1S/C10H13ClN2S/c1-8(13-14(2)3)12-10-6-4-9(11)5-7-10/h4-7H,1-3H3. The zero-order chi connectivity index (χ0) is 10.6. The Morgan fingerprint density at radius 1 is 1.21 bits per heavy atom. The van der Waals surface area contributed by atoms with Crippen molar-refractivity contribution in [3.8, 4) is 0 Å². The largest absolute Gasteiger partial charge is 0.233 e. The smallest absolute Gasteiger partial charge is 0.133 e. The molecular formula is C10H13ClN2S. The fourth-order valence-electron chi connectivity index (χ4n) is 0.987. The lowest BCUT2D eigenvalue weighted by Gasteiger charge is -1.96. The van der Waals surface area contributed by atoms with Gasteiger partial charge in [0.1, 0.15) is 5.84 Å². The van der Waals surface area contributed by atoms with Gasteiger partial charge < -0.3 is 0 Å². The van der Waals surface area contributed by atoms with Crippen molar-refractivity contribution in [2.45, 2.75) is 6.92 Å². The minimum atomic E-state index is 0.0444. The minimum Gasteiger partial charge on any atom is -0.233 e. The first-order valence-electron chi connectivity index (χ1n) is 4.18. The second kappa shape index (κ2) is 5.27. The molecule has 0 unspecified atom stereocenters. The topological polar surface area (TPSA) is 24.7 Å². The highest BCUT2D eigenvalue weighted by Gasteiger charge is 1.91. The molecule has 1 aromatic carbocycles. The number of hydrogen-bond donors (Lipinski definition) is 0. The zero-order valence-corrected chi connectivity index (χ0v) is 10.1. The van der Waals surface area contributed by atoms with Gasteiger partial charge in [0.05, 0.1) is 5.69 Å². The van der Waals surface area contributed by atoms with Crippen molar-refractivity contribution in [2.24, 2.45) is 9.36 Å². The van der Waals surface area contributed by atoms with E-state index in [-0.39, 0.29) is 10.7 Å². The molecule has 0 N–H and O–H groups in total. The van der Waals surface area contributed by atoms with Crippen molar-refractivity contribution in [1.82, 2.24) is 0 Å². The summed E-state index contributed by atoms with van der Waals surface area (Å²) in [4.78, 5) is 4.34. The maximum Gasteiger partial charge on any atom is 0.133 e. The highest BCUT2D eigenvalue weighted by molar-refractivity contribution is 7.86. The van der Waals surface area contributed by atoms with Gasteiger partial charge in [-0.25, -0.2) is 9.36 Å². The first kappa shape index (κ1) is 11.4. The van der Waals surface area contributed by atoms with E-state index in [0.717, 1.165) is 16.5 Å². The fourth-order valence-corrected chi connectivity index (χ4v) is 1.68. The zero-order valence-electron chi connectivity index (χ0n) is 8.49. The van der Waals surface area contributed by atoms with Crippen LogP contribution in [-0.2, 0) is 10.7 Å². The SMILES string of the molecule is CC(=Nc1ccc(Cl)cc1)N=S(C)C. The van der Waals surface area contributed by atoms with Gasteiger partial charge in [0.15, 0.2) is 0 Å². The van der Waals surface area contributed by atoms with Crippen LogP contribution in [0, 0.1) is 0 Å². The summed E-state index contributed by atoms with van der Waals surface area (Å²) >= 11 is 5.76. The molecular weight excluding hydrogens is 216 g/mol. The Labute approximate surface area is 92.1 Å². The molecule has 0 saturated carbocycles. The third-order valence-electron chi connectivity index (χ3n) is 1.43. The molecule has 0 radical (unpaired) electrons. The second-order valence-corrected chi connectivity index (χ2v) is 5.17. The molecule has 0 atom stereocenters. The first-order chi connectivity index (χ1) is 6.58. The molecule has 0 fully saturated rings. The summed E-state index contributed by atoms with van der Waals surface area (Å²) in [5.74, 6) is 0.806. The summed E-state index contributed by atoms with van der Waals surface area (Å²) in [5, 5.41) is 0.726. The lowest BCUT2D eigenvalue weighted by molar-refractivity contribution is 1.46. The van der Waals surface area contributed by atoms with E-state index in [2.05, 4.69) is 21.9 Å². The third kappa shape index (κ3) is 4.03. The Hall–Kier alpha value is -0.670. The molecule has 1 rings (SSSR count). The molecule has 14 heavy (non-hydrogen) atoms. The van der Waals surface area contributed by atoms with Crippen LogP contribution in [0.2, 0.25) is 5.02 Å². The molecule has 0 saturated heterocycles. The number of halogens is 1. The molecule has 0 bridgehead atoms. The molecule has 0 heterocycles. The summed E-state index contributed by atoms with van der Waals surface area (Å²) in [7, 11) is 0.0444. The quantitative estimate of drug-likeness (QED) is 0.520. The van der Waals surface area contributed by atoms with Crippen molar-refractivity contribution >= 4 is 33.8 Å². The molecule has 76 valence electrons. The minimum absolute atomic E-state index is 0.0444. The van der Waals surface area contributed by atoms with Gasteiger partial charge >= 0.3 is 0 Å². The molecule has 0 amide bonds. The summed E-state index contributed by atoms with van der Waals surface area (Å²) in [6.45, 7) is 1.90. The van der Waals surface area contributed by atoms with E-state index < -0.39 is 0 Å². The summed E-state index contributed by atoms with van der Waals surface area (Å²) < 4.78 is 4.34. The molecule has 0 spiro atoms. The van der Waals surface area contributed by atoms with E-state index in [4.69, 9.17) is 11.6 Å². The van der Waals surface area contributed by atoms with Gasteiger partial charge in [-0.15, -0.1) is 0 Å². The molecule has 0 aliphatic heterocycles. The summed E-state index contributed by atoms with van der Waals surface area (Å²) in [6, 6.07) is 7.41. The third-order valence-corrected chi connectivity index (χ3v) is 2.31. The highest BCUT2D eigenvalue weighted by Crippen LogP contribution is 2.16. The van der Waals surface area contributed by atoms with E-state index >= 15 is 0 Å². The monoisotopic (exact) mass is 228 g/mol. The predicted octanol–water partition coefficient (Wildman–Crippen LogP) is 3.45. The Balaban J connectivity index is 2.87. The lowest BCUT2D eigenvalue weighted by Crippen LogP contribution is -1.88. The lowest BCUT2D eigenvalue weighted by atomic mass is 10.3. The molecule has 0 aromatic heterocycles. The Morgan fingerprint density at radius 2 is 1.79 bits per heavy atom. The van der Waals surface area contributed by atoms with Crippen LogP contribution in [0.15, 0.2) is 33.6 Å². The van der Waals surface area contributed by atoms with E-state index in [9.17, 15) is 0 Å². The number of aliphatic imine (C=N–C) groups is 1. The van der Waals surface area contributed by atoms with Crippen LogP contribution in [0.4, 0.5) is 5.69 Å². The number of benzene rings is 1.